The Kier molecular flexibility index (Phi) is 7.21. The molecule has 1 aliphatic heterocycles. The van der Waals surface area contributed by atoms with E-state index in [0.717, 1.165) is 81.2 Å². The lowest BCUT2D eigenvalue weighted by atomic mass is 9.80. The summed E-state index contributed by atoms with van der Waals surface area (Å²) in [6.07, 6.45) is 10.6. The van der Waals surface area contributed by atoms with E-state index >= 15 is 0 Å². The molecular formula is C26H35N3O3. The molecule has 172 valence electrons. The Morgan fingerprint density at radius 1 is 1.16 bits per heavy atom. The van der Waals surface area contributed by atoms with Crippen molar-refractivity contribution in [3.05, 3.63) is 60.2 Å². The van der Waals surface area contributed by atoms with Gasteiger partial charge in [0, 0.05) is 30.3 Å². The Balaban J connectivity index is 1.40. The van der Waals surface area contributed by atoms with E-state index < -0.39 is 11.6 Å². The Hall–Kier alpha value is -2.31. The highest BCUT2D eigenvalue weighted by molar-refractivity contribution is 5.81. The van der Waals surface area contributed by atoms with Gasteiger partial charge in [-0.2, -0.15) is 0 Å². The van der Waals surface area contributed by atoms with Gasteiger partial charge in [-0.1, -0.05) is 56.0 Å². The zero-order chi connectivity index (χ0) is 22.4. The smallest absolute Gasteiger partial charge is 0.300 e. The number of likely N-dealkylation sites (N-methyl/N-ethyl adjacent to an activating group) is 1. The van der Waals surface area contributed by atoms with Gasteiger partial charge in [-0.3, -0.25) is 4.79 Å². The summed E-state index contributed by atoms with van der Waals surface area (Å²) in [5, 5.41) is 14.1. The predicted molar refractivity (Wildman–Crippen MR) is 120 cm³/mol. The molecule has 3 atom stereocenters. The monoisotopic (exact) mass is 437 g/mol. The van der Waals surface area contributed by atoms with Gasteiger partial charge in [0.25, 0.3) is 0 Å². The second-order valence-electron chi connectivity index (χ2n) is 9.81. The lowest BCUT2D eigenvalue weighted by molar-refractivity contribution is -0.917. The average Bonchev–Trinajstić information content (AvgIpc) is 3.35. The van der Waals surface area contributed by atoms with E-state index in [1.807, 2.05) is 24.3 Å². The van der Waals surface area contributed by atoms with E-state index in [4.69, 9.17) is 4.74 Å². The van der Waals surface area contributed by atoms with E-state index in [1.165, 1.54) is 0 Å². The van der Waals surface area contributed by atoms with Crippen LogP contribution in [0.25, 0.3) is 0 Å². The molecule has 0 radical (unpaired) electrons. The van der Waals surface area contributed by atoms with Crippen LogP contribution in [0, 0.1) is 5.92 Å². The van der Waals surface area contributed by atoms with Gasteiger partial charge in [0.05, 0.1) is 20.1 Å². The van der Waals surface area contributed by atoms with Crippen molar-refractivity contribution in [1.29, 1.82) is 0 Å². The Morgan fingerprint density at radius 2 is 1.94 bits per heavy atom. The molecule has 32 heavy (non-hydrogen) atoms. The van der Waals surface area contributed by atoms with Gasteiger partial charge in [0.2, 0.25) is 0 Å². The molecule has 2 unspecified atom stereocenters. The average molecular weight is 438 g/mol. The number of ether oxygens (including phenoxy) is 1. The van der Waals surface area contributed by atoms with Crippen molar-refractivity contribution in [3.63, 3.8) is 0 Å². The zero-order valence-corrected chi connectivity index (χ0v) is 19.1. The van der Waals surface area contributed by atoms with E-state index in [1.54, 1.807) is 24.7 Å². The zero-order valence-electron chi connectivity index (χ0n) is 19.1. The largest absolute Gasteiger partial charge is 0.837 e. The van der Waals surface area contributed by atoms with Crippen LogP contribution in [0.2, 0.25) is 0 Å². The first kappa shape index (κ1) is 22.9. The maximum absolute atomic E-state index is 14.1. The first-order valence-corrected chi connectivity index (χ1v) is 12.1. The molecule has 0 amide bonds. The summed E-state index contributed by atoms with van der Waals surface area (Å²) in [5.41, 5.74) is -0.192. The van der Waals surface area contributed by atoms with E-state index in [2.05, 4.69) is 17.0 Å². The lowest BCUT2D eigenvalue weighted by Crippen LogP contribution is -2.58. The first-order valence-electron chi connectivity index (χ1n) is 12.1. The molecule has 1 aromatic heterocycles. The van der Waals surface area contributed by atoms with Crippen molar-refractivity contribution in [2.24, 2.45) is 5.92 Å². The fraction of sp³-hybridized carbons (Fsp3) is 0.577. The second kappa shape index (κ2) is 10.1. The number of nitrogens with zero attached hydrogens (tertiary/aromatic N) is 3. The van der Waals surface area contributed by atoms with E-state index in [9.17, 15) is 9.90 Å². The van der Waals surface area contributed by atoms with Crippen LogP contribution in [-0.2, 0) is 21.6 Å². The molecule has 1 saturated heterocycles. The number of aryl methyl sites for hydroxylation is 1. The topological polar surface area (TPSA) is 75.1 Å². The van der Waals surface area contributed by atoms with Crippen LogP contribution in [0.4, 0.5) is 0 Å². The standard InChI is InChI=1S/C26H35N3O3/c1-29(17-7-13-23-15-16-27-20-28-23)18-8-14-24(19-29)32-25(30)26(31,22-11-5-6-12-22)21-9-3-2-4-10-21/h2-4,9-10,15-16,20,22,24H,5-8,11-14,17-19H2,1H3/t24?,26?,29-/m1/s1. The first-order chi connectivity index (χ1) is 15.5. The molecule has 2 fully saturated rings. The van der Waals surface area contributed by atoms with Crippen LogP contribution in [0.1, 0.15) is 56.2 Å². The Labute approximate surface area is 191 Å². The van der Waals surface area contributed by atoms with Crippen LogP contribution in [0.3, 0.4) is 0 Å². The van der Waals surface area contributed by atoms with Crippen LogP contribution in [0.15, 0.2) is 48.9 Å². The summed E-state index contributed by atoms with van der Waals surface area (Å²) < 4.78 is 6.86. The van der Waals surface area contributed by atoms with Crippen molar-refractivity contribution in [2.75, 3.05) is 26.7 Å². The van der Waals surface area contributed by atoms with Crippen LogP contribution < -0.4 is 5.11 Å². The summed E-state index contributed by atoms with van der Waals surface area (Å²) in [6, 6.07) is 11.1. The predicted octanol–water partition coefficient (Wildman–Crippen LogP) is 3.01. The van der Waals surface area contributed by atoms with Crippen molar-refractivity contribution in [2.45, 2.75) is 63.1 Å². The maximum atomic E-state index is 14.1. The number of likely N-dealkylation sites (tertiary alicyclic amines) is 1. The molecule has 0 N–H and O–H groups in total. The number of carbonyl (C=O) groups is 1. The summed E-state index contributed by atoms with van der Waals surface area (Å²) in [4.78, 5) is 21.7. The van der Waals surface area contributed by atoms with Crippen molar-refractivity contribution >= 4 is 5.97 Å². The molecule has 2 heterocycles. The number of aromatic nitrogens is 2. The van der Waals surface area contributed by atoms with Gasteiger partial charge >= 0.3 is 5.97 Å². The second-order valence-corrected chi connectivity index (χ2v) is 9.81. The third-order valence-electron chi connectivity index (χ3n) is 7.35. The molecule has 6 nitrogen and oxygen atoms in total. The SMILES string of the molecule is C[N@@+]1(CCCc2ccncn2)CCCC(OC(=O)C([O-])(c2ccccc2)C2CCCC2)C1. The summed E-state index contributed by atoms with van der Waals surface area (Å²) in [6.45, 7) is 2.84. The number of benzene rings is 1. The van der Waals surface area contributed by atoms with Gasteiger partial charge < -0.3 is 14.3 Å². The molecule has 1 aliphatic carbocycles. The quantitative estimate of drug-likeness (QED) is 0.469. The Morgan fingerprint density at radius 3 is 2.66 bits per heavy atom. The molecule has 6 heteroatoms. The van der Waals surface area contributed by atoms with Crippen LogP contribution in [-0.4, -0.2) is 53.2 Å². The molecular weight excluding hydrogens is 402 g/mol. The third kappa shape index (κ3) is 5.18. The van der Waals surface area contributed by atoms with Crippen LogP contribution >= 0.6 is 0 Å². The van der Waals surface area contributed by atoms with Crippen molar-refractivity contribution < 1.29 is 19.1 Å². The molecule has 2 aromatic rings. The summed E-state index contributed by atoms with van der Waals surface area (Å²) >= 11 is 0. The van der Waals surface area contributed by atoms with Gasteiger partial charge in [-0.25, -0.2) is 9.97 Å². The normalized spacial score (nSPS) is 25.9. The van der Waals surface area contributed by atoms with Gasteiger partial charge in [0.15, 0.2) is 6.10 Å². The molecule has 0 spiro atoms. The van der Waals surface area contributed by atoms with Gasteiger partial charge in [-0.15, -0.1) is 0 Å². The molecule has 0 bridgehead atoms. The molecule has 2 aliphatic rings. The molecule has 1 saturated carbocycles. The van der Waals surface area contributed by atoms with E-state index in [-0.39, 0.29) is 12.0 Å². The number of rotatable bonds is 8. The number of hydrogen-bond acceptors (Lipinski definition) is 5. The number of esters is 1. The van der Waals surface area contributed by atoms with Crippen molar-refractivity contribution in [1.82, 2.24) is 9.97 Å². The minimum atomic E-state index is -1.80. The maximum Gasteiger partial charge on any atom is 0.300 e. The van der Waals surface area contributed by atoms with Gasteiger partial charge in [-0.05, 0) is 30.4 Å². The minimum Gasteiger partial charge on any atom is -0.837 e. The fourth-order valence-electron chi connectivity index (χ4n) is 5.56. The number of hydrogen-bond donors (Lipinski definition) is 0. The summed E-state index contributed by atoms with van der Waals surface area (Å²) in [5.74, 6) is -0.759. The fourth-order valence-corrected chi connectivity index (χ4v) is 5.56. The lowest BCUT2D eigenvalue weighted by Gasteiger charge is -2.46. The van der Waals surface area contributed by atoms with E-state index in [0.29, 0.717) is 5.56 Å². The van der Waals surface area contributed by atoms with Gasteiger partial charge in [0.1, 0.15) is 12.9 Å². The highest BCUT2D eigenvalue weighted by Crippen LogP contribution is 2.40. The molecule has 4 rings (SSSR count). The number of piperidine rings is 1. The number of carbonyl (C=O) groups excluding carboxylic acids is 1. The summed E-state index contributed by atoms with van der Waals surface area (Å²) in [7, 11) is 2.23. The highest BCUT2D eigenvalue weighted by atomic mass is 16.6. The number of quaternary nitrogens is 1. The Bertz CT molecular complexity index is 872. The molecule has 1 aromatic carbocycles. The highest BCUT2D eigenvalue weighted by Gasteiger charge is 2.41. The van der Waals surface area contributed by atoms with Crippen molar-refractivity contribution in [3.8, 4) is 0 Å². The third-order valence-corrected chi connectivity index (χ3v) is 7.35. The minimum absolute atomic E-state index is 0.185. The van der Waals surface area contributed by atoms with Crippen LogP contribution in [0.5, 0.6) is 0 Å².